The first-order chi connectivity index (χ1) is 27.1. The van der Waals surface area contributed by atoms with E-state index in [-0.39, 0.29) is 35.4 Å². The quantitative estimate of drug-likeness (QED) is 0.0999. The van der Waals surface area contributed by atoms with E-state index >= 15 is 0 Å². The molecule has 8 rings (SSSR count). The number of H-pyrrole nitrogens is 2. The number of nitrogens with one attached hydrogen (secondary N) is 4. The lowest BCUT2D eigenvalue weighted by Gasteiger charge is -2.28. The van der Waals surface area contributed by atoms with E-state index in [1.165, 1.54) is 7.11 Å². The molecule has 2 fully saturated rings. The monoisotopic (exact) mass is 798 g/mol. The van der Waals surface area contributed by atoms with Crippen LogP contribution in [-0.4, -0.2) is 72.6 Å². The van der Waals surface area contributed by atoms with Gasteiger partial charge in [-0.15, -0.1) is 0 Å². The van der Waals surface area contributed by atoms with Gasteiger partial charge in [0.05, 0.1) is 13.2 Å². The molecule has 4 heterocycles. The number of pyridine rings is 2. The van der Waals surface area contributed by atoms with Crippen LogP contribution in [0, 0.1) is 0 Å². The fourth-order valence-corrected chi connectivity index (χ4v) is 7.45. The molecule has 56 heavy (non-hydrogen) atoms. The number of fused-ring (bicyclic) bond motifs is 2. The van der Waals surface area contributed by atoms with Crippen LogP contribution in [0.25, 0.3) is 44.3 Å². The van der Waals surface area contributed by atoms with Crippen molar-refractivity contribution >= 4 is 63.3 Å². The molecule has 0 radical (unpaired) electrons. The zero-order valence-electron chi connectivity index (χ0n) is 30.4. The van der Waals surface area contributed by atoms with Gasteiger partial charge in [-0.1, -0.05) is 59.6 Å². The van der Waals surface area contributed by atoms with Gasteiger partial charge in [0.1, 0.15) is 17.4 Å². The number of ether oxygens (including phenoxy) is 2. The van der Waals surface area contributed by atoms with Crippen LogP contribution in [0.5, 0.6) is 0 Å². The summed E-state index contributed by atoms with van der Waals surface area (Å²) >= 11 is 12.4. The Morgan fingerprint density at radius 2 is 1.14 bits per heavy atom. The number of halogens is 2. The lowest BCUT2D eigenvalue weighted by Crippen LogP contribution is -2.31. The first kappa shape index (κ1) is 38.7. The van der Waals surface area contributed by atoms with Crippen LogP contribution in [0.2, 0.25) is 10.0 Å². The zero-order chi connectivity index (χ0) is 39.2. The Labute approximate surface area is 331 Å². The number of carbonyl (C=O) groups excluding carboxylic acids is 1. The molecule has 16 heteroatoms. The van der Waals surface area contributed by atoms with Crippen LogP contribution in [-0.2, 0) is 9.47 Å². The van der Waals surface area contributed by atoms with Crippen LogP contribution in [0.4, 0.5) is 16.7 Å². The molecule has 0 bridgehead atoms. The van der Waals surface area contributed by atoms with Gasteiger partial charge in [0.25, 0.3) is 11.1 Å². The second-order valence-corrected chi connectivity index (χ2v) is 14.6. The van der Waals surface area contributed by atoms with Crippen molar-refractivity contribution in [2.75, 3.05) is 17.7 Å². The summed E-state index contributed by atoms with van der Waals surface area (Å²) in [5, 5.41) is 18.7. The van der Waals surface area contributed by atoms with Crippen molar-refractivity contribution in [3.63, 3.8) is 0 Å². The Hall–Kier alpha value is -5.57. The highest BCUT2D eigenvalue weighted by atomic mass is 35.5. The predicted molar refractivity (Wildman–Crippen MR) is 216 cm³/mol. The molecule has 4 aromatic heterocycles. The summed E-state index contributed by atoms with van der Waals surface area (Å²) in [6, 6.07) is 18.3. The first-order valence-corrected chi connectivity index (χ1v) is 19.1. The van der Waals surface area contributed by atoms with E-state index in [1.807, 2.05) is 30.3 Å². The standard InChI is InChI=1S/C21H21ClN4O4.C19H19ClN4O2/c1-29-21(28)30-14-8-6-13(7-9-14)24-20-23-11-12-10-16(19(27)25-18(12)26-20)15-4-2-3-5-17(15)22;20-16-4-2-1-3-14(16)15-9-11-10-21-19(24-17(11)23-18(15)26)22-12-5-7-13(25)8-6-12/h2-5,10-11,13-14H,6-9H2,1H3,(H2,23,24,25,26,27);1-4,9-10,12-13,25H,5-8H2,(H2,21,22,23,24,26). The number of hydrogen-bond acceptors (Lipinski definition) is 12. The van der Waals surface area contributed by atoms with E-state index < -0.39 is 6.16 Å². The van der Waals surface area contributed by atoms with Crippen molar-refractivity contribution in [2.24, 2.45) is 0 Å². The highest BCUT2D eigenvalue weighted by Gasteiger charge is 2.25. The topological polar surface area (TPSA) is 197 Å². The maximum absolute atomic E-state index is 12.6. The van der Waals surface area contributed by atoms with E-state index in [4.69, 9.17) is 27.9 Å². The van der Waals surface area contributed by atoms with E-state index in [1.54, 1.807) is 42.7 Å². The Bertz CT molecular complexity index is 2460. The second kappa shape index (κ2) is 17.5. The largest absolute Gasteiger partial charge is 0.508 e. The van der Waals surface area contributed by atoms with Crippen LogP contribution < -0.4 is 21.8 Å². The minimum atomic E-state index is -0.649. The van der Waals surface area contributed by atoms with E-state index in [9.17, 15) is 19.5 Å². The van der Waals surface area contributed by atoms with Crippen LogP contribution in [0.1, 0.15) is 51.4 Å². The Balaban J connectivity index is 0.000000173. The number of anilines is 2. The summed E-state index contributed by atoms with van der Waals surface area (Å²) in [7, 11) is 1.30. The van der Waals surface area contributed by atoms with Crippen LogP contribution in [0.3, 0.4) is 0 Å². The molecule has 2 aliphatic carbocycles. The van der Waals surface area contributed by atoms with E-state index in [0.29, 0.717) is 60.9 Å². The van der Waals surface area contributed by atoms with Crippen molar-refractivity contribution in [3.05, 3.63) is 104 Å². The third-order valence-electron chi connectivity index (χ3n) is 9.98. The smallest absolute Gasteiger partial charge is 0.438 e. The maximum atomic E-state index is 12.6. The molecule has 2 saturated carbocycles. The van der Waals surface area contributed by atoms with Gasteiger partial charge in [0.15, 0.2) is 0 Å². The molecule has 0 unspecified atom stereocenters. The SMILES string of the molecule is COC(=O)OC1CCC(Nc2ncc3cc(-c4ccccc4Cl)c(=O)[nH]c3n2)CC1.O=c1[nH]c2nc(NC3CCC(O)CC3)ncc2cc1-c1ccccc1Cl. The lowest BCUT2D eigenvalue weighted by atomic mass is 9.93. The Morgan fingerprint density at radius 3 is 1.59 bits per heavy atom. The first-order valence-electron chi connectivity index (χ1n) is 18.4. The maximum Gasteiger partial charge on any atom is 0.508 e. The zero-order valence-corrected chi connectivity index (χ0v) is 31.9. The highest BCUT2D eigenvalue weighted by molar-refractivity contribution is 6.33. The summed E-state index contributed by atoms with van der Waals surface area (Å²) in [5.74, 6) is 0.931. The number of aromatic amines is 2. The van der Waals surface area contributed by atoms with E-state index in [0.717, 1.165) is 56.8 Å². The van der Waals surface area contributed by atoms with Gasteiger partial charge in [0, 0.05) is 67.5 Å². The lowest BCUT2D eigenvalue weighted by molar-refractivity contribution is 0.0218. The number of aromatic nitrogens is 6. The van der Waals surface area contributed by atoms with Crippen molar-refractivity contribution in [1.29, 1.82) is 0 Å². The molecular formula is C40H40Cl2N8O6. The summed E-state index contributed by atoms with van der Waals surface area (Å²) < 4.78 is 9.73. The minimum Gasteiger partial charge on any atom is -0.438 e. The van der Waals surface area contributed by atoms with Gasteiger partial charge in [-0.25, -0.2) is 14.8 Å². The third-order valence-corrected chi connectivity index (χ3v) is 10.6. The molecule has 0 aliphatic heterocycles. The van der Waals surface area contributed by atoms with Gasteiger partial charge in [-0.3, -0.25) is 9.59 Å². The molecule has 5 N–H and O–H groups in total. The molecule has 0 spiro atoms. The normalized spacial score (nSPS) is 19.4. The average Bonchev–Trinajstić information content (AvgIpc) is 3.20. The molecule has 2 aliphatic rings. The molecule has 14 nitrogen and oxygen atoms in total. The number of rotatable bonds is 7. The number of hydrogen-bond donors (Lipinski definition) is 5. The number of benzene rings is 2. The highest BCUT2D eigenvalue weighted by Crippen LogP contribution is 2.29. The number of methoxy groups -OCH3 is 1. The molecule has 290 valence electrons. The van der Waals surface area contributed by atoms with Crippen LogP contribution >= 0.6 is 23.2 Å². The second-order valence-electron chi connectivity index (χ2n) is 13.8. The molecule has 2 aromatic carbocycles. The fraction of sp³-hybridized carbons (Fsp3) is 0.325. The van der Waals surface area contributed by atoms with Gasteiger partial charge in [0.2, 0.25) is 11.9 Å². The van der Waals surface area contributed by atoms with E-state index in [2.05, 4.69) is 45.3 Å². The summed E-state index contributed by atoms with van der Waals surface area (Å²) in [5.41, 5.74) is 2.75. The van der Waals surface area contributed by atoms with Crippen molar-refractivity contribution in [1.82, 2.24) is 29.9 Å². The Morgan fingerprint density at radius 1 is 0.696 bits per heavy atom. The van der Waals surface area contributed by atoms with Crippen LogP contribution in [0.15, 0.2) is 82.6 Å². The molecule has 0 amide bonds. The number of aliphatic hydroxyl groups excluding tert-OH is 1. The van der Waals surface area contributed by atoms with Crippen molar-refractivity contribution in [2.45, 2.75) is 75.7 Å². The van der Waals surface area contributed by atoms with Gasteiger partial charge < -0.3 is 35.2 Å². The fourth-order valence-electron chi connectivity index (χ4n) is 6.98. The van der Waals surface area contributed by atoms with Gasteiger partial charge in [-0.2, -0.15) is 9.97 Å². The predicted octanol–water partition coefficient (Wildman–Crippen LogP) is 7.50. The summed E-state index contributed by atoms with van der Waals surface area (Å²) in [6.45, 7) is 0. The summed E-state index contributed by atoms with van der Waals surface area (Å²) in [4.78, 5) is 59.6. The molecule has 6 aromatic rings. The number of nitrogens with zero attached hydrogens (tertiary/aromatic N) is 4. The molecular weight excluding hydrogens is 759 g/mol. The summed E-state index contributed by atoms with van der Waals surface area (Å²) in [6.07, 6.45) is 8.79. The van der Waals surface area contributed by atoms with Crippen molar-refractivity contribution in [3.8, 4) is 22.3 Å². The van der Waals surface area contributed by atoms with Gasteiger partial charge in [-0.05, 0) is 75.6 Å². The number of aliphatic hydroxyl groups is 1. The third kappa shape index (κ3) is 9.27. The van der Waals surface area contributed by atoms with Gasteiger partial charge >= 0.3 is 6.16 Å². The van der Waals surface area contributed by atoms with Crippen molar-refractivity contribution < 1.29 is 19.4 Å². The molecule has 0 saturated heterocycles. The minimum absolute atomic E-state index is 0.132. The average molecular weight is 800 g/mol. The number of carbonyl (C=O) groups is 1. The Kier molecular flexibility index (Phi) is 12.1. The molecule has 0 atom stereocenters.